The third-order valence-electron chi connectivity index (χ3n) is 5.01. The third kappa shape index (κ3) is 4.55. The predicted octanol–water partition coefficient (Wildman–Crippen LogP) is 3.84. The smallest absolute Gasteiger partial charge is 0.255 e. The number of pyridine rings is 3. The van der Waals surface area contributed by atoms with Crippen LogP contribution in [0.15, 0.2) is 42.9 Å². The minimum absolute atomic E-state index is 0.335. The highest BCUT2D eigenvalue weighted by atomic mass is 16.1. The molecule has 3 rings (SSSR count). The Kier molecular flexibility index (Phi) is 6.17. The maximum absolute atomic E-state index is 12.8. The molecule has 1 amide bonds. The van der Waals surface area contributed by atoms with Crippen molar-refractivity contribution in [3.63, 3.8) is 0 Å². The van der Waals surface area contributed by atoms with Gasteiger partial charge in [0.2, 0.25) is 0 Å². The summed E-state index contributed by atoms with van der Waals surface area (Å²) in [4.78, 5) is 27.6. The summed E-state index contributed by atoms with van der Waals surface area (Å²) in [7, 11) is 3.65. The van der Waals surface area contributed by atoms with Crippen molar-refractivity contribution in [2.24, 2.45) is 0 Å². The number of nitrogens with zero attached hydrogens (tertiary/aromatic N) is 6. The van der Waals surface area contributed by atoms with Gasteiger partial charge >= 0.3 is 0 Å². The number of hydrogen-bond acceptors (Lipinski definition) is 7. The molecular weight excluding hydrogens is 402 g/mol. The Labute approximate surface area is 187 Å². The molecule has 3 aromatic rings. The lowest BCUT2D eigenvalue weighted by Gasteiger charge is -2.16. The molecule has 0 aliphatic rings. The maximum atomic E-state index is 12.8. The van der Waals surface area contributed by atoms with Gasteiger partial charge in [-0.3, -0.25) is 14.8 Å². The normalized spacial score (nSPS) is 10.7. The first-order chi connectivity index (χ1) is 15.2. The molecule has 0 bridgehead atoms. The number of aryl methyl sites for hydroxylation is 1. The highest BCUT2D eigenvalue weighted by molar-refractivity contribution is 6.04. The van der Waals surface area contributed by atoms with Crippen molar-refractivity contribution in [2.45, 2.75) is 26.2 Å². The molecule has 0 saturated heterocycles. The van der Waals surface area contributed by atoms with E-state index in [1.165, 1.54) is 6.20 Å². The van der Waals surface area contributed by atoms with E-state index in [-0.39, 0.29) is 5.91 Å². The van der Waals surface area contributed by atoms with Gasteiger partial charge in [-0.05, 0) is 45.0 Å². The van der Waals surface area contributed by atoms with Gasteiger partial charge in [-0.25, -0.2) is 4.98 Å². The van der Waals surface area contributed by atoms with Crippen molar-refractivity contribution in [3.05, 3.63) is 65.4 Å². The van der Waals surface area contributed by atoms with Crippen LogP contribution in [0, 0.1) is 29.6 Å². The summed E-state index contributed by atoms with van der Waals surface area (Å²) in [5.74, 6) is 0.248. The van der Waals surface area contributed by atoms with Crippen molar-refractivity contribution < 1.29 is 4.79 Å². The van der Waals surface area contributed by atoms with Crippen molar-refractivity contribution >= 4 is 17.4 Å². The maximum Gasteiger partial charge on any atom is 0.255 e. The van der Waals surface area contributed by atoms with E-state index in [1.54, 1.807) is 55.4 Å². The molecule has 0 unspecified atom stereocenters. The Balaban J connectivity index is 1.92. The van der Waals surface area contributed by atoms with E-state index in [0.717, 1.165) is 16.8 Å². The molecule has 1 N–H and O–H groups in total. The van der Waals surface area contributed by atoms with Crippen LogP contribution in [-0.2, 0) is 5.41 Å². The number of rotatable bonds is 5. The summed E-state index contributed by atoms with van der Waals surface area (Å²) in [6, 6.07) is 11.1. The lowest BCUT2D eigenvalue weighted by atomic mass is 9.90. The third-order valence-corrected chi connectivity index (χ3v) is 5.01. The molecule has 0 aliphatic carbocycles. The monoisotopic (exact) mass is 425 g/mol. The van der Waals surface area contributed by atoms with Crippen molar-refractivity contribution in [2.75, 3.05) is 24.3 Å². The SMILES string of the molecule is Cc1ncc(NC(=O)c2ccnc(C(C)(C)C#N)c2)cc1-c1cnc(N(C)C)c(C#N)c1. The molecule has 3 heterocycles. The molecule has 0 aromatic carbocycles. The van der Waals surface area contributed by atoms with Crippen LogP contribution in [0.4, 0.5) is 11.5 Å². The van der Waals surface area contributed by atoms with Crippen LogP contribution in [0.5, 0.6) is 0 Å². The van der Waals surface area contributed by atoms with Gasteiger partial charge in [0.25, 0.3) is 5.91 Å². The zero-order valence-electron chi connectivity index (χ0n) is 18.6. The number of hydrogen-bond donors (Lipinski definition) is 1. The molecule has 8 heteroatoms. The number of carbonyl (C=O) groups is 1. The number of carbonyl (C=O) groups excluding carboxylic acids is 1. The van der Waals surface area contributed by atoms with E-state index < -0.39 is 5.41 Å². The van der Waals surface area contributed by atoms with Crippen LogP contribution in [0.25, 0.3) is 11.1 Å². The molecule has 0 atom stereocenters. The van der Waals surface area contributed by atoms with Gasteiger partial charge in [0.05, 0.1) is 34.6 Å². The molecule has 8 nitrogen and oxygen atoms in total. The van der Waals surface area contributed by atoms with Crippen molar-refractivity contribution in [3.8, 4) is 23.3 Å². The van der Waals surface area contributed by atoms with Crippen molar-refractivity contribution in [1.29, 1.82) is 10.5 Å². The van der Waals surface area contributed by atoms with Crippen LogP contribution < -0.4 is 10.2 Å². The Hall–Kier alpha value is -4.30. The first-order valence-corrected chi connectivity index (χ1v) is 9.90. The Morgan fingerprint density at radius 1 is 1.09 bits per heavy atom. The van der Waals surface area contributed by atoms with E-state index in [0.29, 0.717) is 28.3 Å². The van der Waals surface area contributed by atoms with Gasteiger partial charge in [-0.15, -0.1) is 0 Å². The van der Waals surface area contributed by atoms with E-state index in [1.807, 2.05) is 21.0 Å². The second kappa shape index (κ2) is 8.83. The molecule has 0 fully saturated rings. The highest BCUT2D eigenvalue weighted by Gasteiger charge is 2.22. The highest BCUT2D eigenvalue weighted by Crippen LogP contribution is 2.28. The fourth-order valence-electron chi connectivity index (χ4n) is 3.11. The largest absolute Gasteiger partial charge is 0.362 e. The van der Waals surface area contributed by atoms with Gasteiger partial charge in [-0.2, -0.15) is 10.5 Å². The van der Waals surface area contributed by atoms with Gasteiger partial charge in [0, 0.05) is 48.9 Å². The van der Waals surface area contributed by atoms with Crippen LogP contribution in [0.1, 0.15) is 41.2 Å². The fraction of sp³-hybridized carbons (Fsp3) is 0.250. The lowest BCUT2D eigenvalue weighted by molar-refractivity contribution is 0.102. The Morgan fingerprint density at radius 3 is 2.50 bits per heavy atom. The molecule has 0 aliphatic heterocycles. The van der Waals surface area contributed by atoms with Crippen molar-refractivity contribution in [1.82, 2.24) is 15.0 Å². The van der Waals surface area contributed by atoms with Crippen LogP contribution in [0.2, 0.25) is 0 Å². The van der Waals surface area contributed by atoms with Gasteiger partial charge in [-0.1, -0.05) is 0 Å². The van der Waals surface area contributed by atoms with Gasteiger partial charge < -0.3 is 10.2 Å². The average Bonchev–Trinajstić information content (AvgIpc) is 2.79. The summed E-state index contributed by atoms with van der Waals surface area (Å²) in [5.41, 5.74) is 3.30. The van der Waals surface area contributed by atoms with Gasteiger partial charge in [0.1, 0.15) is 11.9 Å². The number of nitrogens with one attached hydrogen (secondary N) is 1. The predicted molar refractivity (Wildman–Crippen MR) is 122 cm³/mol. The second-order valence-electron chi connectivity index (χ2n) is 8.08. The average molecular weight is 425 g/mol. The minimum atomic E-state index is -0.807. The lowest BCUT2D eigenvalue weighted by Crippen LogP contribution is -2.18. The zero-order valence-corrected chi connectivity index (χ0v) is 18.6. The second-order valence-corrected chi connectivity index (χ2v) is 8.08. The minimum Gasteiger partial charge on any atom is -0.362 e. The van der Waals surface area contributed by atoms with E-state index in [4.69, 9.17) is 0 Å². The first kappa shape index (κ1) is 22.4. The topological polar surface area (TPSA) is 119 Å². The molecule has 32 heavy (non-hydrogen) atoms. The Morgan fingerprint density at radius 2 is 1.84 bits per heavy atom. The summed E-state index contributed by atoms with van der Waals surface area (Å²) in [5, 5.41) is 21.7. The Bertz CT molecular complexity index is 1270. The van der Waals surface area contributed by atoms with E-state index in [2.05, 4.69) is 32.4 Å². The zero-order chi connectivity index (χ0) is 23.5. The van der Waals surface area contributed by atoms with Crippen LogP contribution >= 0.6 is 0 Å². The molecule has 3 aromatic heterocycles. The summed E-state index contributed by atoms with van der Waals surface area (Å²) >= 11 is 0. The van der Waals surface area contributed by atoms with E-state index >= 15 is 0 Å². The summed E-state index contributed by atoms with van der Waals surface area (Å²) < 4.78 is 0. The molecule has 0 spiro atoms. The summed E-state index contributed by atoms with van der Waals surface area (Å²) in [6.45, 7) is 5.35. The molecule has 160 valence electrons. The number of amides is 1. The van der Waals surface area contributed by atoms with Gasteiger partial charge in [0.15, 0.2) is 0 Å². The number of aromatic nitrogens is 3. The molecular formula is C24H23N7O. The van der Waals surface area contributed by atoms with Crippen LogP contribution in [-0.4, -0.2) is 35.0 Å². The fourth-order valence-corrected chi connectivity index (χ4v) is 3.11. The quantitative estimate of drug-likeness (QED) is 0.659. The number of anilines is 2. The van der Waals surface area contributed by atoms with Crippen LogP contribution in [0.3, 0.4) is 0 Å². The van der Waals surface area contributed by atoms with E-state index in [9.17, 15) is 15.3 Å². The molecule has 0 saturated carbocycles. The standard InChI is InChI=1S/C24H23N7O/c1-15-20(18-8-17(11-25)22(29-12-18)31(4)5)10-19(13-28-15)30-23(32)16-6-7-27-21(9-16)24(2,3)14-26/h6-10,12-13H,1-5H3,(H,30,32). The summed E-state index contributed by atoms with van der Waals surface area (Å²) in [6.07, 6.45) is 4.78. The number of nitriles is 2. The first-order valence-electron chi connectivity index (χ1n) is 9.90. The molecule has 0 radical (unpaired) electrons.